The molecule has 0 radical (unpaired) electrons. The van der Waals surface area contributed by atoms with E-state index in [0.29, 0.717) is 25.6 Å². The van der Waals surface area contributed by atoms with Gasteiger partial charge in [-0.15, -0.1) is 0 Å². The lowest BCUT2D eigenvalue weighted by atomic mass is 10.1. The number of hydrogen-bond acceptors (Lipinski definition) is 4. The summed E-state index contributed by atoms with van der Waals surface area (Å²) in [4.78, 5) is 30.8. The Morgan fingerprint density at radius 1 is 1.33 bits per heavy atom. The molecule has 3 rings (SSSR count). The third-order valence-electron chi connectivity index (χ3n) is 4.57. The number of carbonyl (C=O) groups excluding carboxylic acids is 2. The highest BCUT2D eigenvalue weighted by atomic mass is 19.1. The standard InChI is InChI=1S/C18H24FN5O3/c1-12-10-23(11-15(27-12)13-3-5-14(19)6-4-13)17(20-2)21-7-8-24-16(25)9-22-18(24)26/h3-6,12,15H,7-11H2,1-2H3,(H,20,21)(H,22,26). The first kappa shape index (κ1) is 19.1. The fourth-order valence-electron chi connectivity index (χ4n) is 3.28. The van der Waals surface area contributed by atoms with Crippen molar-refractivity contribution in [2.75, 3.05) is 39.8 Å². The van der Waals surface area contributed by atoms with E-state index in [0.717, 1.165) is 5.56 Å². The highest BCUT2D eigenvalue weighted by Crippen LogP contribution is 2.25. The van der Waals surface area contributed by atoms with Crippen LogP contribution in [0.5, 0.6) is 0 Å². The number of ether oxygens (including phenoxy) is 1. The summed E-state index contributed by atoms with van der Waals surface area (Å²) in [7, 11) is 1.68. The Bertz CT molecular complexity index is 708. The summed E-state index contributed by atoms with van der Waals surface area (Å²) in [5.74, 6) is 0.162. The van der Waals surface area contributed by atoms with Gasteiger partial charge in [-0.3, -0.25) is 14.7 Å². The van der Waals surface area contributed by atoms with E-state index in [1.54, 1.807) is 19.2 Å². The molecule has 3 amide bonds. The van der Waals surface area contributed by atoms with Gasteiger partial charge in [0.25, 0.3) is 0 Å². The Hall–Kier alpha value is -2.68. The highest BCUT2D eigenvalue weighted by Gasteiger charge is 2.30. The maximum atomic E-state index is 13.2. The lowest BCUT2D eigenvalue weighted by Gasteiger charge is -2.38. The van der Waals surface area contributed by atoms with Crippen molar-refractivity contribution in [2.24, 2.45) is 4.99 Å². The molecule has 0 bridgehead atoms. The number of urea groups is 1. The number of guanidine groups is 1. The predicted octanol–water partition coefficient (Wildman–Crippen LogP) is 0.715. The largest absolute Gasteiger partial charge is 0.367 e. The minimum absolute atomic E-state index is 0.0294. The molecule has 0 aliphatic carbocycles. The molecule has 9 heteroatoms. The van der Waals surface area contributed by atoms with Crippen molar-refractivity contribution in [1.29, 1.82) is 0 Å². The third-order valence-corrected chi connectivity index (χ3v) is 4.57. The molecule has 2 heterocycles. The Balaban J connectivity index is 1.59. The van der Waals surface area contributed by atoms with Gasteiger partial charge < -0.3 is 20.3 Å². The number of aliphatic imine (C=N–C) groups is 1. The van der Waals surface area contributed by atoms with E-state index in [2.05, 4.69) is 20.5 Å². The molecular weight excluding hydrogens is 353 g/mol. The quantitative estimate of drug-likeness (QED) is 0.459. The van der Waals surface area contributed by atoms with Gasteiger partial charge in [-0.25, -0.2) is 9.18 Å². The molecule has 2 N–H and O–H groups in total. The number of nitrogens with zero attached hydrogens (tertiary/aromatic N) is 3. The van der Waals surface area contributed by atoms with Crippen LogP contribution in [0, 0.1) is 5.82 Å². The molecule has 0 aromatic heterocycles. The molecule has 0 saturated carbocycles. The molecule has 2 aliphatic rings. The van der Waals surface area contributed by atoms with E-state index in [4.69, 9.17) is 4.74 Å². The van der Waals surface area contributed by atoms with Crippen molar-refractivity contribution in [2.45, 2.75) is 19.1 Å². The summed E-state index contributed by atoms with van der Waals surface area (Å²) in [6.07, 6.45) is -0.225. The van der Waals surface area contributed by atoms with E-state index < -0.39 is 0 Å². The molecule has 2 fully saturated rings. The van der Waals surface area contributed by atoms with Crippen molar-refractivity contribution < 1.29 is 18.7 Å². The van der Waals surface area contributed by atoms with Crippen LogP contribution < -0.4 is 10.6 Å². The zero-order chi connectivity index (χ0) is 19.4. The van der Waals surface area contributed by atoms with E-state index in [1.165, 1.54) is 17.0 Å². The molecule has 146 valence electrons. The number of halogens is 1. The Labute approximate surface area is 157 Å². The molecule has 8 nitrogen and oxygen atoms in total. The SMILES string of the molecule is CN=C(NCCN1C(=O)CNC1=O)N1CC(C)OC(c2ccc(F)cc2)C1. The summed E-state index contributed by atoms with van der Waals surface area (Å²) in [6, 6.07) is 5.93. The van der Waals surface area contributed by atoms with Crippen LogP contribution in [0.2, 0.25) is 0 Å². The van der Waals surface area contributed by atoms with Crippen LogP contribution in [-0.4, -0.2) is 73.6 Å². The zero-order valence-corrected chi connectivity index (χ0v) is 15.4. The number of benzene rings is 1. The topological polar surface area (TPSA) is 86.3 Å². The first-order valence-electron chi connectivity index (χ1n) is 8.92. The van der Waals surface area contributed by atoms with Crippen molar-refractivity contribution in [3.63, 3.8) is 0 Å². The van der Waals surface area contributed by atoms with Gasteiger partial charge in [-0.1, -0.05) is 12.1 Å². The zero-order valence-electron chi connectivity index (χ0n) is 15.4. The second kappa shape index (κ2) is 8.34. The van der Waals surface area contributed by atoms with Gasteiger partial charge in [0.1, 0.15) is 11.9 Å². The summed E-state index contributed by atoms with van der Waals surface area (Å²) < 4.78 is 19.2. The minimum atomic E-state index is -0.367. The van der Waals surface area contributed by atoms with Crippen LogP contribution in [0.4, 0.5) is 9.18 Å². The molecular formula is C18H24FN5O3. The average Bonchev–Trinajstić information content (AvgIpc) is 2.97. The number of amides is 3. The number of rotatable bonds is 4. The molecule has 2 unspecified atom stereocenters. The van der Waals surface area contributed by atoms with E-state index in [9.17, 15) is 14.0 Å². The monoisotopic (exact) mass is 377 g/mol. The number of carbonyl (C=O) groups is 2. The lowest BCUT2D eigenvalue weighted by Crippen LogP contribution is -2.52. The van der Waals surface area contributed by atoms with Crippen LogP contribution in [-0.2, 0) is 9.53 Å². The average molecular weight is 377 g/mol. The number of nitrogens with one attached hydrogen (secondary N) is 2. The normalized spacial score (nSPS) is 23.6. The minimum Gasteiger partial charge on any atom is -0.367 e. The Morgan fingerprint density at radius 2 is 2.07 bits per heavy atom. The molecule has 1 aromatic rings. The van der Waals surface area contributed by atoms with Crippen LogP contribution in [0.15, 0.2) is 29.3 Å². The van der Waals surface area contributed by atoms with Gasteiger partial charge in [0, 0.05) is 26.7 Å². The van der Waals surface area contributed by atoms with Crippen LogP contribution >= 0.6 is 0 Å². The summed E-state index contributed by atoms with van der Waals surface area (Å²) >= 11 is 0. The van der Waals surface area contributed by atoms with Gasteiger partial charge in [0.05, 0.1) is 19.2 Å². The fourth-order valence-corrected chi connectivity index (χ4v) is 3.28. The van der Waals surface area contributed by atoms with Gasteiger partial charge in [0.15, 0.2) is 5.96 Å². The molecule has 0 spiro atoms. The first-order valence-corrected chi connectivity index (χ1v) is 8.92. The molecule has 2 aliphatic heterocycles. The molecule has 2 saturated heterocycles. The maximum absolute atomic E-state index is 13.2. The number of morpholine rings is 1. The maximum Gasteiger partial charge on any atom is 0.324 e. The Morgan fingerprint density at radius 3 is 2.70 bits per heavy atom. The van der Waals surface area contributed by atoms with Gasteiger partial charge in [0.2, 0.25) is 5.91 Å². The van der Waals surface area contributed by atoms with Crippen LogP contribution in [0.3, 0.4) is 0 Å². The lowest BCUT2D eigenvalue weighted by molar-refractivity contribution is -0.124. The highest BCUT2D eigenvalue weighted by molar-refractivity contribution is 6.01. The predicted molar refractivity (Wildman–Crippen MR) is 97.7 cm³/mol. The van der Waals surface area contributed by atoms with E-state index in [-0.39, 0.29) is 43.1 Å². The van der Waals surface area contributed by atoms with Crippen molar-refractivity contribution in [3.8, 4) is 0 Å². The number of hydrogen-bond donors (Lipinski definition) is 2. The van der Waals surface area contributed by atoms with Gasteiger partial charge >= 0.3 is 6.03 Å². The van der Waals surface area contributed by atoms with E-state index in [1.807, 2.05) is 6.92 Å². The second-order valence-electron chi connectivity index (χ2n) is 6.57. The molecule has 1 aromatic carbocycles. The van der Waals surface area contributed by atoms with Crippen molar-refractivity contribution in [3.05, 3.63) is 35.6 Å². The molecule has 27 heavy (non-hydrogen) atoms. The first-order chi connectivity index (χ1) is 13.0. The smallest absolute Gasteiger partial charge is 0.324 e. The van der Waals surface area contributed by atoms with E-state index >= 15 is 0 Å². The third kappa shape index (κ3) is 4.54. The van der Waals surface area contributed by atoms with Gasteiger partial charge in [-0.05, 0) is 24.6 Å². The van der Waals surface area contributed by atoms with Crippen LogP contribution in [0.25, 0.3) is 0 Å². The van der Waals surface area contributed by atoms with Crippen molar-refractivity contribution >= 4 is 17.9 Å². The number of imide groups is 1. The summed E-state index contributed by atoms with van der Waals surface area (Å²) in [6.45, 7) is 3.92. The Kier molecular flexibility index (Phi) is 5.90. The van der Waals surface area contributed by atoms with Gasteiger partial charge in [-0.2, -0.15) is 0 Å². The van der Waals surface area contributed by atoms with Crippen molar-refractivity contribution in [1.82, 2.24) is 20.4 Å². The summed E-state index contributed by atoms with van der Waals surface area (Å²) in [5, 5.41) is 5.69. The summed E-state index contributed by atoms with van der Waals surface area (Å²) in [5.41, 5.74) is 0.905. The molecule has 2 atom stereocenters. The van der Waals surface area contributed by atoms with Crippen LogP contribution in [0.1, 0.15) is 18.6 Å². The fraction of sp³-hybridized carbons (Fsp3) is 0.500. The second-order valence-corrected chi connectivity index (χ2v) is 6.57.